The minimum absolute atomic E-state index is 0.0986. The first-order valence-electron chi connectivity index (χ1n) is 5.71. The Kier molecular flexibility index (Phi) is 3.87. The number of primary amides is 1. The van der Waals surface area contributed by atoms with Crippen LogP contribution in [-0.2, 0) is 0 Å². The molecule has 1 aromatic heterocycles. The van der Waals surface area contributed by atoms with Crippen molar-refractivity contribution in [1.29, 1.82) is 0 Å². The molecule has 2 heterocycles. The summed E-state index contributed by atoms with van der Waals surface area (Å²) in [5.74, 6) is 0.121. The summed E-state index contributed by atoms with van der Waals surface area (Å²) in [4.78, 5) is 19.0. The Hall–Kier alpha value is -1.69. The van der Waals surface area contributed by atoms with Gasteiger partial charge in [-0.2, -0.15) is 0 Å². The van der Waals surface area contributed by atoms with Gasteiger partial charge in [0.1, 0.15) is 0 Å². The second kappa shape index (κ2) is 5.58. The van der Waals surface area contributed by atoms with Crippen LogP contribution >= 0.6 is 0 Å². The zero-order valence-electron chi connectivity index (χ0n) is 9.56. The van der Waals surface area contributed by atoms with Gasteiger partial charge in [-0.05, 0) is 31.8 Å². The summed E-state index contributed by atoms with van der Waals surface area (Å²) in [6, 6.07) is 0. The van der Waals surface area contributed by atoms with Gasteiger partial charge in [-0.1, -0.05) is 0 Å². The predicted octanol–water partition coefficient (Wildman–Crippen LogP) is -0.0461. The normalized spacial score (nSPS) is 16.7. The van der Waals surface area contributed by atoms with E-state index in [-0.39, 0.29) is 11.6 Å². The van der Waals surface area contributed by atoms with Crippen LogP contribution in [0.5, 0.6) is 5.88 Å². The average Bonchev–Trinajstić information content (AvgIpc) is 2.38. The van der Waals surface area contributed by atoms with E-state index >= 15 is 0 Å². The van der Waals surface area contributed by atoms with E-state index in [0.717, 1.165) is 25.9 Å². The SMILES string of the molecule is NC(=O)c1nccnc1OCC1CCNCC1. The number of nitrogens with one attached hydrogen (secondary N) is 1. The summed E-state index contributed by atoms with van der Waals surface area (Å²) in [7, 11) is 0. The van der Waals surface area contributed by atoms with Gasteiger partial charge in [0.15, 0.2) is 5.69 Å². The molecule has 1 saturated heterocycles. The van der Waals surface area contributed by atoms with Crippen LogP contribution in [0.3, 0.4) is 0 Å². The molecule has 0 aliphatic carbocycles. The van der Waals surface area contributed by atoms with Crippen molar-refractivity contribution < 1.29 is 9.53 Å². The minimum Gasteiger partial charge on any atom is -0.476 e. The summed E-state index contributed by atoms with van der Waals surface area (Å²) in [5, 5.41) is 3.28. The van der Waals surface area contributed by atoms with E-state index in [1.54, 1.807) is 0 Å². The smallest absolute Gasteiger partial charge is 0.272 e. The highest BCUT2D eigenvalue weighted by Gasteiger charge is 2.17. The largest absolute Gasteiger partial charge is 0.476 e. The van der Waals surface area contributed by atoms with Gasteiger partial charge < -0.3 is 15.8 Å². The number of aromatic nitrogens is 2. The Morgan fingerprint density at radius 3 is 2.82 bits per heavy atom. The van der Waals surface area contributed by atoms with Gasteiger partial charge in [-0.3, -0.25) is 4.79 Å². The first kappa shape index (κ1) is 11.8. The van der Waals surface area contributed by atoms with Gasteiger partial charge in [0.05, 0.1) is 6.61 Å². The molecule has 0 aromatic carbocycles. The van der Waals surface area contributed by atoms with Crippen molar-refractivity contribution in [2.24, 2.45) is 11.7 Å². The van der Waals surface area contributed by atoms with E-state index in [4.69, 9.17) is 10.5 Å². The number of ether oxygens (including phenoxy) is 1. The molecule has 17 heavy (non-hydrogen) atoms. The number of carbonyl (C=O) groups is 1. The molecule has 1 aliphatic heterocycles. The highest BCUT2D eigenvalue weighted by atomic mass is 16.5. The third-order valence-corrected chi connectivity index (χ3v) is 2.81. The third kappa shape index (κ3) is 3.13. The van der Waals surface area contributed by atoms with Crippen LogP contribution < -0.4 is 15.8 Å². The van der Waals surface area contributed by atoms with Gasteiger partial charge in [-0.15, -0.1) is 0 Å². The zero-order valence-corrected chi connectivity index (χ0v) is 9.56. The molecule has 1 aliphatic rings. The molecular weight excluding hydrogens is 220 g/mol. The quantitative estimate of drug-likeness (QED) is 0.765. The Morgan fingerprint density at radius 2 is 2.12 bits per heavy atom. The minimum atomic E-state index is -0.613. The lowest BCUT2D eigenvalue weighted by molar-refractivity contribution is 0.0988. The first-order valence-corrected chi connectivity index (χ1v) is 5.71. The molecule has 1 aromatic rings. The number of hydrogen-bond donors (Lipinski definition) is 2. The molecule has 0 atom stereocenters. The van der Waals surface area contributed by atoms with Gasteiger partial charge >= 0.3 is 0 Å². The van der Waals surface area contributed by atoms with Crippen LogP contribution in [0.15, 0.2) is 12.4 Å². The summed E-state index contributed by atoms with van der Waals surface area (Å²) < 4.78 is 5.54. The molecule has 0 saturated carbocycles. The van der Waals surface area contributed by atoms with Crippen LogP contribution in [0.1, 0.15) is 23.3 Å². The molecule has 0 bridgehead atoms. The molecule has 1 amide bonds. The molecule has 0 unspecified atom stereocenters. The highest BCUT2D eigenvalue weighted by Crippen LogP contribution is 2.16. The van der Waals surface area contributed by atoms with Crippen LogP contribution in [0.25, 0.3) is 0 Å². The molecule has 1 fully saturated rings. The fourth-order valence-corrected chi connectivity index (χ4v) is 1.85. The lowest BCUT2D eigenvalue weighted by Gasteiger charge is -2.22. The molecule has 2 rings (SSSR count). The molecule has 6 heteroatoms. The van der Waals surface area contributed by atoms with E-state index in [0.29, 0.717) is 12.5 Å². The fraction of sp³-hybridized carbons (Fsp3) is 0.545. The van der Waals surface area contributed by atoms with E-state index < -0.39 is 5.91 Å². The first-order chi connectivity index (χ1) is 8.27. The lowest BCUT2D eigenvalue weighted by atomic mass is 9.99. The van der Waals surface area contributed by atoms with Crippen molar-refractivity contribution in [2.75, 3.05) is 19.7 Å². The van der Waals surface area contributed by atoms with Crippen LogP contribution in [0.2, 0.25) is 0 Å². The van der Waals surface area contributed by atoms with Crippen molar-refractivity contribution in [3.63, 3.8) is 0 Å². The maximum absolute atomic E-state index is 11.1. The highest BCUT2D eigenvalue weighted by molar-refractivity contribution is 5.92. The van der Waals surface area contributed by atoms with Crippen LogP contribution in [-0.4, -0.2) is 35.6 Å². The van der Waals surface area contributed by atoms with E-state index in [1.807, 2.05) is 0 Å². The summed E-state index contributed by atoms with van der Waals surface area (Å²) >= 11 is 0. The molecule has 0 radical (unpaired) electrons. The van der Waals surface area contributed by atoms with Crippen molar-refractivity contribution in [1.82, 2.24) is 15.3 Å². The van der Waals surface area contributed by atoms with Gasteiger partial charge in [0.2, 0.25) is 5.88 Å². The molecule has 92 valence electrons. The monoisotopic (exact) mass is 236 g/mol. The topological polar surface area (TPSA) is 90.1 Å². The molecule has 0 spiro atoms. The summed E-state index contributed by atoms with van der Waals surface area (Å²) in [6.45, 7) is 2.58. The number of carbonyl (C=O) groups excluding carboxylic acids is 1. The van der Waals surface area contributed by atoms with Gasteiger partial charge in [0, 0.05) is 12.4 Å². The van der Waals surface area contributed by atoms with Crippen molar-refractivity contribution in [3.05, 3.63) is 18.1 Å². The molecule has 3 N–H and O–H groups in total. The number of nitrogens with zero attached hydrogens (tertiary/aromatic N) is 2. The zero-order chi connectivity index (χ0) is 12.1. The Balaban J connectivity index is 1.96. The fourth-order valence-electron chi connectivity index (χ4n) is 1.85. The van der Waals surface area contributed by atoms with Crippen LogP contribution in [0.4, 0.5) is 0 Å². The van der Waals surface area contributed by atoms with Gasteiger partial charge in [0.25, 0.3) is 5.91 Å². The standard InChI is InChI=1S/C11H16N4O2/c12-10(16)9-11(15-6-5-14-9)17-7-8-1-3-13-4-2-8/h5-6,8,13H,1-4,7H2,(H2,12,16). The van der Waals surface area contributed by atoms with Gasteiger partial charge in [-0.25, -0.2) is 9.97 Å². The number of amides is 1. The molecular formula is C11H16N4O2. The predicted molar refractivity (Wildman–Crippen MR) is 61.6 cm³/mol. The maximum atomic E-state index is 11.1. The summed E-state index contributed by atoms with van der Waals surface area (Å²) in [6.07, 6.45) is 5.07. The Bertz CT molecular complexity index is 391. The Labute approximate surface area is 99.6 Å². The van der Waals surface area contributed by atoms with Crippen molar-refractivity contribution in [2.45, 2.75) is 12.8 Å². The lowest BCUT2D eigenvalue weighted by Crippen LogP contribution is -2.31. The number of rotatable bonds is 4. The number of piperidine rings is 1. The summed E-state index contributed by atoms with van der Waals surface area (Å²) in [5.41, 5.74) is 5.29. The number of nitrogens with two attached hydrogens (primary N) is 1. The van der Waals surface area contributed by atoms with E-state index in [1.165, 1.54) is 12.4 Å². The second-order valence-corrected chi connectivity index (χ2v) is 4.08. The molecule has 6 nitrogen and oxygen atoms in total. The maximum Gasteiger partial charge on any atom is 0.272 e. The van der Waals surface area contributed by atoms with E-state index in [2.05, 4.69) is 15.3 Å². The number of hydrogen-bond acceptors (Lipinski definition) is 5. The third-order valence-electron chi connectivity index (χ3n) is 2.81. The average molecular weight is 236 g/mol. The second-order valence-electron chi connectivity index (χ2n) is 4.08. The van der Waals surface area contributed by atoms with Crippen LogP contribution in [0, 0.1) is 5.92 Å². The van der Waals surface area contributed by atoms with Crippen molar-refractivity contribution >= 4 is 5.91 Å². The van der Waals surface area contributed by atoms with E-state index in [9.17, 15) is 4.79 Å². The van der Waals surface area contributed by atoms with Crippen molar-refractivity contribution in [3.8, 4) is 5.88 Å². The Morgan fingerprint density at radius 1 is 1.41 bits per heavy atom.